The van der Waals surface area contributed by atoms with E-state index >= 15 is 0 Å². The number of benzene rings is 1. The van der Waals surface area contributed by atoms with Crippen molar-refractivity contribution < 1.29 is 12.9 Å². The predicted octanol–water partition coefficient (Wildman–Crippen LogP) is 2.45. The van der Waals surface area contributed by atoms with E-state index in [4.69, 9.17) is 4.52 Å². The lowest BCUT2D eigenvalue weighted by atomic mass is 10.2. The lowest BCUT2D eigenvalue weighted by Crippen LogP contribution is -2.24. The van der Waals surface area contributed by atoms with Crippen molar-refractivity contribution >= 4 is 21.5 Å². The normalized spacial score (nSPS) is 11.3. The highest BCUT2D eigenvalue weighted by Crippen LogP contribution is 2.25. The van der Waals surface area contributed by atoms with Crippen LogP contribution in [0.4, 0.5) is 11.5 Å². The van der Waals surface area contributed by atoms with Crippen molar-refractivity contribution in [1.82, 2.24) is 15.1 Å². The van der Waals surface area contributed by atoms with Gasteiger partial charge in [0.15, 0.2) is 5.82 Å². The molecule has 1 aromatic carbocycles. The van der Waals surface area contributed by atoms with Gasteiger partial charge in [0.2, 0.25) is 10.0 Å². The molecular weight excluding hydrogens is 354 g/mol. The van der Waals surface area contributed by atoms with E-state index in [2.05, 4.69) is 20.4 Å². The van der Waals surface area contributed by atoms with E-state index in [1.165, 1.54) is 17.6 Å². The first kappa shape index (κ1) is 17.9. The first-order valence-corrected chi connectivity index (χ1v) is 9.72. The molecule has 136 valence electrons. The smallest absolute Gasteiger partial charge is 0.261 e. The Morgan fingerprint density at radius 2 is 1.92 bits per heavy atom. The Morgan fingerprint density at radius 1 is 1.19 bits per heavy atom. The van der Waals surface area contributed by atoms with Crippen LogP contribution in [0.15, 0.2) is 47.1 Å². The molecule has 3 aromatic rings. The molecule has 3 rings (SSSR count). The van der Waals surface area contributed by atoms with E-state index in [1.54, 1.807) is 31.3 Å². The number of anilines is 2. The fourth-order valence-electron chi connectivity index (χ4n) is 2.33. The Bertz CT molecular complexity index is 999. The molecule has 0 aliphatic rings. The third-order valence-electron chi connectivity index (χ3n) is 3.82. The molecule has 0 aliphatic carbocycles. The van der Waals surface area contributed by atoms with Crippen LogP contribution in [-0.2, 0) is 16.6 Å². The number of aromatic nitrogens is 3. The first-order chi connectivity index (χ1) is 12.3. The molecule has 0 amide bonds. The van der Waals surface area contributed by atoms with Crippen LogP contribution in [0.3, 0.4) is 0 Å². The van der Waals surface area contributed by atoms with Gasteiger partial charge in [-0.25, -0.2) is 13.4 Å². The van der Waals surface area contributed by atoms with Crippen molar-refractivity contribution in [2.45, 2.75) is 13.5 Å². The van der Waals surface area contributed by atoms with Crippen molar-refractivity contribution in [2.75, 3.05) is 22.9 Å². The zero-order valence-electron chi connectivity index (χ0n) is 14.7. The SMILES string of the molecule is Cc1noc(-c2cccnc2NCc2ccc(N(C)S(C)(=O)=O)cc2)n1. The molecule has 0 atom stereocenters. The van der Waals surface area contributed by atoms with Gasteiger partial charge in [0.1, 0.15) is 5.82 Å². The van der Waals surface area contributed by atoms with Gasteiger partial charge in [-0.05, 0) is 36.8 Å². The van der Waals surface area contributed by atoms with E-state index in [0.29, 0.717) is 29.8 Å². The second-order valence-electron chi connectivity index (χ2n) is 5.80. The second kappa shape index (κ2) is 7.12. The molecule has 2 heterocycles. The van der Waals surface area contributed by atoms with Crippen LogP contribution in [0, 0.1) is 6.92 Å². The van der Waals surface area contributed by atoms with Gasteiger partial charge in [0, 0.05) is 19.8 Å². The number of hydrogen-bond donors (Lipinski definition) is 1. The van der Waals surface area contributed by atoms with Gasteiger partial charge in [0.05, 0.1) is 17.5 Å². The highest BCUT2D eigenvalue weighted by atomic mass is 32.2. The van der Waals surface area contributed by atoms with Crippen LogP contribution < -0.4 is 9.62 Å². The summed E-state index contributed by atoms with van der Waals surface area (Å²) in [4.78, 5) is 8.56. The van der Waals surface area contributed by atoms with Crippen LogP contribution in [-0.4, -0.2) is 36.8 Å². The van der Waals surface area contributed by atoms with E-state index in [0.717, 1.165) is 11.1 Å². The van der Waals surface area contributed by atoms with Crippen molar-refractivity contribution in [3.63, 3.8) is 0 Å². The largest absolute Gasteiger partial charge is 0.365 e. The van der Waals surface area contributed by atoms with Crippen LogP contribution in [0.25, 0.3) is 11.5 Å². The van der Waals surface area contributed by atoms with Crippen LogP contribution in [0.2, 0.25) is 0 Å². The van der Waals surface area contributed by atoms with Gasteiger partial charge in [-0.15, -0.1) is 0 Å². The Hall–Kier alpha value is -2.94. The Morgan fingerprint density at radius 3 is 2.54 bits per heavy atom. The molecular formula is C17H19N5O3S. The van der Waals surface area contributed by atoms with E-state index in [1.807, 2.05) is 18.2 Å². The van der Waals surface area contributed by atoms with Crippen LogP contribution >= 0.6 is 0 Å². The van der Waals surface area contributed by atoms with Gasteiger partial charge < -0.3 is 9.84 Å². The number of nitrogens with one attached hydrogen (secondary N) is 1. The number of aryl methyl sites for hydroxylation is 1. The topological polar surface area (TPSA) is 101 Å². The summed E-state index contributed by atoms with van der Waals surface area (Å²) in [5.74, 6) is 1.59. The summed E-state index contributed by atoms with van der Waals surface area (Å²) < 4.78 is 29.6. The van der Waals surface area contributed by atoms with Gasteiger partial charge in [-0.2, -0.15) is 4.98 Å². The Balaban J connectivity index is 1.74. The predicted molar refractivity (Wildman–Crippen MR) is 99.3 cm³/mol. The molecule has 0 fully saturated rings. The maximum atomic E-state index is 11.6. The van der Waals surface area contributed by atoms with Crippen LogP contribution in [0.5, 0.6) is 0 Å². The first-order valence-electron chi connectivity index (χ1n) is 7.87. The van der Waals surface area contributed by atoms with E-state index in [9.17, 15) is 8.42 Å². The molecule has 26 heavy (non-hydrogen) atoms. The fraction of sp³-hybridized carbons (Fsp3) is 0.235. The minimum atomic E-state index is -3.27. The summed E-state index contributed by atoms with van der Waals surface area (Å²) in [5.41, 5.74) is 2.31. The number of sulfonamides is 1. The number of pyridine rings is 1. The summed E-state index contributed by atoms with van der Waals surface area (Å²) in [7, 11) is -1.75. The molecule has 0 unspecified atom stereocenters. The summed E-state index contributed by atoms with van der Waals surface area (Å²) in [6.07, 6.45) is 2.85. The van der Waals surface area contributed by atoms with E-state index in [-0.39, 0.29) is 0 Å². The highest BCUT2D eigenvalue weighted by molar-refractivity contribution is 7.92. The number of hydrogen-bond acceptors (Lipinski definition) is 7. The van der Waals surface area contributed by atoms with Gasteiger partial charge in [0.25, 0.3) is 5.89 Å². The zero-order chi connectivity index (χ0) is 18.7. The quantitative estimate of drug-likeness (QED) is 0.708. The average Bonchev–Trinajstić information content (AvgIpc) is 3.05. The minimum Gasteiger partial charge on any atom is -0.365 e. The monoisotopic (exact) mass is 373 g/mol. The van der Waals surface area contributed by atoms with Crippen molar-refractivity contribution in [2.24, 2.45) is 0 Å². The van der Waals surface area contributed by atoms with Crippen molar-refractivity contribution in [3.8, 4) is 11.5 Å². The van der Waals surface area contributed by atoms with Crippen molar-refractivity contribution in [1.29, 1.82) is 0 Å². The number of rotatable bonds is 6. The fourth-order valence-corrected chi connectivity index (χ4v) is 2.83. The average molecular weight is 373 g/mol. The summed E-state index contributed by atoms with van der Waals surface area (Å²) in [5, 5.41) is 7.05. The third-order valence-corrected chi connectivity index (χ3v) is 5.03. The molecule has 2 aromatic heterocycles. The lowest BCUT2D eigenvalue weighted by molar-refractivity contribution is 0.425. The molecule has 0 saturated heterocycles. The second-order valence-corrected chi connectivity index (χ2v) is 7.81. The molecule has 1 N–H and O–H groups in total. The zero-order valence-corrected chi connectivity index (χ0v) is 15.5. The summed E-state index contributed by atoms with van der Waals surface area (Å²) >= 11 is 0. The lowest BCUT2D eigenvalue weighted by Gasteiger charge is -2.17. The Labute approximate surface area is 151 Å². The molecule has 8 nitrogen and oxygen atoms in total. The number of nitrogens with zero attached hydrogens (tertiary/aromatic N) is 4. The molecule has 0 radical (unpaired) electrons. The van der Waals surface area contributed by atoms with Crippen LogP contribution in [0.1, 0.15) is 11.4 Å². The third kappa shape index (κ3) is 3.99. The molecule has 9 heteroatoms. The minimum absolute atomic E-state index is 0.406. The van der Waals surface area contributed by atoms with E-state index < -0.39 is 10.0 Å². The van der Waals surface area contributed by atoms with Gasteiger partial charge in [-0.3, -0.25) is 4.31 Å². The maximum absolute atomic E-state index is 11.6. The van der Waals surface area contributed by atoms with Gasteiger partial charge >= 0.3 is 0 Å². The summed E-state index contributed by atoms with van der Waals surface area (Å²) in [6.45, 7) is 2.27. The standard InChI is InChI=1S/C17H19N5O3S/c1-12-20-17(25-21-12)15-5-4-10-18-16(15)19-11-13-6-8-14(9-7-13)22(2)26(3,23)24/h4-10H,11H2,1-3H3,(H,18,19). The highest BCUT2D eigenvalue weighted by Gasteiger charge is 2.13. The Kier molecular flexibility index (Phi) is 4.90. The maximum Gasteiger partial charge on any atom is 0.261 e. The molecule has 0 spiro atoms. The summed E-state index contributed by atoms with van der Waals surface area (Å²) in [6, 6.07) is 10.9. The molecule has 0 saturated carbocycles. The van der Waals surface area contributed by atoms with Gasteiger partial charge in [-0.1, -0.05) is 17.3 Å². The van der Waals surface area contributed by atoms with Crippen molar-refractivity contribution in [3.05, 3.63) is 54.0 Å². The molecule has 0 aliphatic heterocycles. The molecule has 0 bridgehead atoms.